The number of amides is 2. The summed E-state index contributed by atoms with van der Waals surface area (Å²) in [5.74, 6) is 0.607. The van der Waals surface area contributed by atoms with Gasteiger partial charge in [0.15, 0.2) is 0 Å². The summed E-state index contributed by atoms with van der Waals surface area (Å²) in [5, 5.41) is 14.4. The number of hydrogen-bond acceptors (Lipinski definition) is 4. The average Bonchev–Trinajstić information content (AvgIpc) is 3.19. The van der Waals surface area contributed by atoms with Crippen molar-refractivity contribution in [1.29, 1.82) is 5.26 Å². The van der Waals surface area contributed by atoms with Gasteiger partial charge in [-0.25, -0.2) is 14.8 Å². The number of imidazole rings is 1. The molecule has 3 heterocycles. The molecule has 27 heavy (non-hydrogen) atoms. The summed E-state index contributed by atoms with van der Waals surface area (Å²) in [4.78, 5) is 20.6. The molecule has 4 aromatic rings. The molecule has 0 saturated carbocycles. The van der Waals surface area contributed by atoms with Gasteiger partial charge in [0.2, 0.25) is 0 Å². The fraction of sp³-hybridized carbons (Fsp3) is 0. The van der Waals surface area contributed by atoms with Crippen molar-refractivity contribution in [2.45, 2.75) is 0 Å². The van der Waals surface area contributed by atoms with Crippen LogP contribution in [0.4, 0.5) is 16.3 Å². The number of hydrogen-bond donors (Lipinski definition) is 2. The second kappa shape index (κ2) is 6.98. The second-order valence-electron chi connectivity index (χ2n) is 5.77. The van der Waals surface area contributed by atoms with E-state index in [4.69, 9.17) is 5.26 Å². The van der Waals surface area contributed by atoms with E-state index in [1.54, 1.807) is 24.7 Å². The molecule has 4 rings (SSSR count). The zero-order chi connectivity index (χ0) is 18.6. The second-order valence-corrected chi connectivity index (χ2v) is 5.77. The third-order valence-corrected chi connectivity index (χ3v) is 4.04. The number of pyridine rings is 2. The number of nitrogens with one attached hydrogen (secondary N) is 2. The topological polar surface area (TPSA) is 95.1 Å². The van der Waals surface area contributed by atoms with Gasteiger partial charge in [-0.15, -0.1) is 0 Å². The number of aromatic nitrogens is 3. The van der Waals surface area contributed by atoms with Gasteiger partial charge in [-0.3, -0.25) is 9.72 Å². The number of nitrogens with zero attached hydrogens (tertiary/aromatic N) is 4. The number of rotatable bonds is 3. The Kier molecular flexibility index (Phi) is 4.21. The van der Waals surface area contributed by atoms with Crippen LogP contribution in [0.5, 0.6) is 0 Å². The standard InChI is InChI=1S/C20H14N6O/c21-10-15-6-7-16(11-23-15)24-20(27)25-19-18(14-4-2-1-3-5-14)9-8-17-12-22-13-26(17)19/h1-9,11-13H,(H2,24,25,27). The summed E-state index contributed by atoms with van der Waals surface area (Å²) in [6.45, 7) is 0. The smallest absolute Gasteiger partial charge is 0.306 e. The third-order valence-electron chi connectivity index (χ3n) is 4.04. The molecule has 2 N–H and O–H groups in total. The Morgan fingerprint density at radius 1 is 1.00 bits per heavy atom. The highest BCUT2D eigenvalue weighted by molar-refractivity contribution is 6.01. The molecule has 0 radical (unpaired) electrons. The number of carbonyl (C=O) groups excluding carboxylic acids is 1. The minimum Gasteiger partial charge on any atom is -0.306 e. The molecule has 0 aliphatic rings. The monoisotopic (exact) mass is 354 g/mol. The van der Waals surface area contributed by atoms with Crippen LogP contribution >= 0.6 is 0 Å². The first-order valence-corrected chi connectivity index (χ1v) is 8.19. The largest absolute Gasteiger partial charge is 0.324 e. The molecule has 0 aliphatic heterocycles. The summed E-state index contributed by atoms with van der Waals surface area (Å²) in [7, 11) is 0. The van der Waals surface area contributed by atoms with Gasteiger partial charge >= 0.3 is 6.03 Å². The van der Waals surface area contributed by atoms with Gasteiger partial charge in [0.1, 0.15) is 23.9 Å². The molecule has 7 nitrogen and oxygen atoms in total. The molecule has 0 bridgehead atoms. The van der Waals surface area contributed by atoms with Gasteiger partial charge < -0.3 is 5.32 Å². The predicted molar refractivity (Wildman–Crippen MR) is 102 cm³/mol. The van der Waals surface area contributed by atoms with Crippen LogP contribution < -0.4 is 10.6 Å². The number of nitriles is 1. The molecule has 0 saturated heterocycles. The Morgan fingerprint density at radius 3 is 2.59 bits per heavy atom. The van der Waals surface area contributed by atoms with E-state index < -0.39 is 6.03 Å². The van der Waals surface area contributed by atoms with E-state index >= 15 is 0 Å². The van der Waals surface area contributed by atoms with Crippen molar-refractivity contribution in [1.82, 2.24) is 14.4 Å². The number of urea groups is 1. The zero-order valence-electron chi connectivity index (χ0n) is 14.1. The van der Waals surface area contributed by atoms with Crippen molar-refractivity contribution in [2.24, 2.45) is 0 Å². The Balaban J connectivity index is 1.66. The third kappa shape index (κ3) is 3.32. The normalized spacial score (nSPS) is 10.3. The summed E-state index contributed by atoms with van der Waals surface area (Å²) in [5.41, 5.74) is 3.49. The highest BCUT2D eigenvalue weighted by Gasteiger charge is 2.13. The number of carbonyl (C=O) groups is 1. The van der Waals surface area contributed by atoms with Crippen LogP contribution in [0.3, 0.4) is 0 Å². The van der Waals surface area contributed by atoms with Crippen LogP contribution in [0.25, 0.3) is 16.6 Å². The molecule has 2 amide bonds. The van der Waals surface area contributed by atoms with Crippen molar-refractivity contribution in [3.05, 3.63) is 79.0 Å². The van der Waals surface area contributed by atoms with E-state index in [2.05, 4.69) is 20.6 Å². The lowest BCUT2D eigenvalue weighted by Crippen LogP contribution is -2.21. The minimum absolute atomic E-state index is 0.288. The number of fused-ring (bicyclic) bond motifs is 1. The molecular formula is C20H14N6O. The maximum absolute atomic E-state index is 12.5. The molecule has 7 heteroatoms. The quantitative estimate of drug-likeness (QED) is 0.583. The zero-order valence-corrected chi connectivity index (χ0v) is 14.1. The van der Waals surface area contributed by atoms with Crippen LogP contribution in [0, 0.1) is 11.3 Å². The molecule has 0 fully saturated rings. The SMILES string of the molecule is N#Cc1ccc(NC(=O)Nc2c(-c3ccccc3)ccc3cncn23)cn1. The van der Waals surface area contributed by atoms with Gasteiger partial charge in [0, 0.05) is 5.56 Å². The molecule has 0 unspecified atom stereocenters. The highest BCUT2D eigenvalue weighted by Crippen LogP contribution is 2.29. The number of anilines is 2. The fourth-order valence-corrected chi connectivity index (χ4v) is 2.77. The van der Waals surface area contributed by atoms with Crippen molar-refractivity contribution in [3.63, 3.8) is 0 Å². The van der Waals surface area contributed by atoms with Gasteiger partial charge in [0.05, 0.1) is 23.6 Å². The Bertz CT molecular complexity index is 1140. The van der Waals surface area contributed by atoms with E-state index in [0.29, 0.717) is 11.5 Å². The van der Waals surface area contributed by atoms with Crippen molar-refractivity contribution < 1.29 is 4.79 Å². The van der Waals surface area contributed by atoms with Gasteiger partial charge in [-0.2, -0.15) is 5.26 Å². The van der Waals surface area contributed by atoms with E-state index in [1.165, 1.54) is 6.20 Å². The molecular weight excluding hydrogens is 340 g/mol. The van der Waals surface area contributed by atoms with Crippen molar-refractivity contribution in [2.75, 3.05) is 10.6 Å². The van der Waals surface area contributed by atoms with Gasteiger partial charge in [-0.05, 0) is 29.8 Å². The van der Waals surface area contributed by atoms with Crippen LogP contribution in [0.1, 0.15) is 5.69 Å². The van der Waals surface area contributed by atoms with Gasteiger partial charge in [0.25, 0.3) is 0 Å². The lowest BCUT2D eigenvalue weighted by molar-refractivity contribution is 0.262. The van der Waals surface area contributed by atoms with Crippen LogP contribution in [0.2, 0.25) is 0 Å². The Labute approximate surface area is 154 Å². The van der Waals surface area contributed by atoms with Crippen molar-refractivity contribution >= 4 is 23.1 Å². The van der Waals surface area contributed by atoms with Crippen LogP contribution in [-0.2, 0) is 0 Å². The Morgan fingerprint density at radius 2 is 1.85 bits per heavy atom. The average molecular weight is 354 g/mol. The number of benzene rings is 1. The first kappa shape index (κ1) is 16.3. The Hall–Kier alpha value is -4.18. The molecule has 0 spiro atoms. The fourth-order valence-electron chi connectivity index (χ4n) is 2.77. The first-order chi connectivity index (χ1) is 13.2. The van der Waals surface area contributed by atoms with E-state index in [9.17, 15) is 4.79 Å². The summed E-state index contributed by atoms with van der Waals surface area (Å²) in [6.07, 6.45) is 4.82. The highest BCUT2D eigenvalue weighted by atomic mass is 16.2. The molecule has 0 aliphatic carbocycles. The maximum Gasteiger partial charge on any atom is 0.324 e. The molecule has 0 atom stereocenters. The maximum atomic E-state index is 12.5. The van der Waals surface area contributed by atoms with E-state index in [1.807, 2.05) is 52.9 Å². The summed E-state index contributed by atoms with van der Waals surface area (Å²) < 4.78 is 1.82. The van der Waals surface area contributed by atoms with Crippen molar-refractivity contribution in [3.8, 4) is 17.2 Å². The summed E-state index contributed by atoms with van der Waals surface area (Å²) in [6, 6.07) is 18.4. The molecule has 3 aromatic heterocycles. The molecule has 1 aromatic carbocycles. The van der Waals surface area contributed by atoms with Crippen LogP contribution in [-0.4, -0.2) is 20.4 Å². The molecule has 130 valence electrons. The lowest BCUT2D eigenvalue weighted by Gasteiger charge is -2.14. The van der Waals surface area contributed by atoms with E-state index in [0.717, 1.165) is 16.6 Å². The van der Waals surface area contributed by atoms with Gasteiger partial charge in [-0.1, -0.05) is 30.3 Å². The lowest BCUT2D eigenvalue weighted by atomic mass is 10.1. The minimum atomic E-state index is -0.417. The first-order valence-electron chi connectivity index (χ1n) is 8.19. The van der Waals surface area contributed by atoms with Crippen LogP contribution in [0.15, 0.2) is 73.3 Å². The summed E-state index contributed by atoms with van der Waals surface area (Å²) >= 11 is 0. The van der Waals surface area contributed by atoms with E-state index in [-0.39, 0.29) is 5.69 Å². The predicted octanol–water partition coefficient (Wildman–Crippen LogP) is 3.91.